The van der Waals surface area contributed by atoms with Crippen molar-refractivity contribution in [2.75, 3.05) is 46.8 Å². The molecule has 0 bridgehead atoms. The van der Waals surface area contributed by atoms with Gasteiger partial charge in [-0.3, -0.25) is 4.79 Å². The van der Waals surface area contributed by atoms with Gasteiger partial charge in [-0.1, -0.05) is 12.8 Å². The van der Waals surface area contributed by atoms with Crippen LogP contribution in [0.25, 0.3) is 0 Å². The zero-order valence-electron chi connectivity index (χ0n) is 13.3. The van der Waals surface area contributed by atoms with Gasteiger partial charge in [-0.2, -0.15) is 0 Å². The first-order valence-electron chi connectivity index (χ1n) is 8.33. The molecule has 1 amide bonds. The zero-order chi connectivity index (χ0) is 14.4. The SMILES string of the molecule is CN1CCC(N(C)CCC(=O)N2CCCCCC2)CC1. The van der Waals surface area contributed by atoms with Gasteiger partial charge in [0.25, 0.3) is 0 Å². The Morgan fingerprint density at radius 2 is 1.65 bits per heavy atom. The summed E-state index contributed by atoms with van der Waals surface area (Å²) in [7, 11) is 4.38. The summed E-state index contributed by atoms with van der Waals surface area (Å²) in [4.78, 5) is 19.2. The van der Waals surface area contributed by atoms with Crippen molar-refractivity contribution in [1.82, 2.24) is 14.7 Å². The van der Waals surface area contributed by atoms with E-state index in [1.807, 2.05) is 0 Å². The normalized spacial score (nSPS) is 23.1. The monoisotopic (exact) mass is 281 g/mol. The number of carbonyl (C=O) groups excluding carboxylic acids is 1. The van der Waals surface area contributed by atoms with E-state index < -0.39 is 0 Å². The summed E-state index contributed by atoms with van der Waals surface area (Å²) in [5, 5.41) is 0. The van der Waals surface area contributed by atoms with Crippen molar-refractivity contribution < 1.29 is 4.79 Å². The molecule has 0 aromatic heterocycles. The number of rotatable bonds is 4. The molecule has 116 valence electrons. The fourth-order valence-corrected chi connectivity index (χ4v) is 3.37. The van der Waals surface area contributed by atoms with Gasteiger partial charge in [-0.05, 0) is 52.9 Å². The van der Waals surface area contributed by atoms with E-state index in [9.17, 15) is 4.79 Å². The second-order valence-corrected chi connectivity index (χ2v) is 6.56. The molecule has 0 aliphatic carbocycles. The highest BCUT2D eigenvalue weighted by Crippen LogP contribution is 2.15. The molecule has 4 nitrogen and oxygen atoms in total. The predicted molar refractivity (Wildman–Crippen MR) is 82.8 cm³/mol. The molecule has 4 heteroatoms. The molecule has 0 saturated carbocycles. The van der Waals surface area contributed by atoms with Gasteiger partial charge in [0.1, 0.15) is 0 Å². The Hall–Kier alpha value is -0.610. The summed E-state index contributed by atoms with van der Waals surface area (Å²) >= 11 is 0. The molecule has 2 aliphatic heterocycles. The molecule has 0 spiro atoms. The highest BCUT2D eigenvalue weighted by Gasteiger charge is 2.22. The number of hydrogen-bond donors (Lipinski definition) is 0. The van der Waals surface area contributed by atoms with Crippen LogP contribution in [-0.4, -0.2) is 73.5 Å². The number of amides is 1. The first kappa shape index (κ1) is 15.8. The molecule has 2 fully saturated rings. The van der Waals surface area contributed by atoms with Crippen molar-refractivity contribution in [3.63, 3.8) is 0 Å². The molecule has 2 aliphatic rings. The summed E-state index contributed by atoms with van der Waals surface area (Å²) in [6.45, 7) is 5.27. The van der Waals surface area contributed by atoms with E-state index in [1.165, 1.54) is 51.6 Å². The number of likely N-dealkylation sites (tertiary alicyclic amines) is 2. The molecule has 2 heterocycles. The van der Waals surface area contributed by atoms with E-state index in [-0.39, 0.29) is 0 Å². The van der Waals surface area contributed by atoms with Gasteiger partial charge in [0, 0.05) is 32.1 Å². The Bertz CT molecular complexity index is 292. The van der Waals surface area contributed by atoms with Crippen LogP contribution in [0.5, 0.6) is 0 Å². The number of hydrogen-bond acceptors (Lipinski definition) is 3. The van der Waals surface area contributed by atoms with Crippen molar-refractivity contribution in [2.24, 2.45) is 0 Å². The molecule has 2 rings (SSSR count). The maximum atomic E-state index is 12.3. The smallest absolute Gasteiger partial charge is 0.223 e. The molecule has 0 unspecified atom stereocenters. The van der Waals surface area contributed by atoms with Gasteiger partial charge in [-0.25, -0.2) is 0 Å². The fourth-order valence-electron chi connectivity index (χ4n) is 3.37. The predicted octanol–water partition coefficient (Wildman–Crippen LogP) is 1.81. The third kappa shape index (κ3) is 4.74. The van der Waals surface area contributed by atoms with Crippen LogP contribution in [0.3, 0.4) is 0 Å². The fraction of sp³-hybridized carbons (Fsp3) is 0.938. The standard InChI is InChI=1S/C16H31N3O/c1-17-12-7-15(8-13-17)18(2)14-9-16(20)19-10-5-3-4-6-11-19/h15H,3-14H2,1-2H3. The van der Waals surface area contributed by atoms with Crippen LogP contribution in [0.2, 0.25) is 0 Å². The van der Waals surface area contributed by atoms with Crippen LogP contribution in [0.1, 0.15) is 44.9 Å². The third-order valence-electron chi connectivity index (χ3n) is 4.95. The summed E-state index contributed by atoms with van der Waals surface area (Å²) in [6.07, 6.45) is 8.14. The van der Waals surface area contributed by atoms with Gasteiger partial charge in [0.05, 0.1) is 0 Å². The van der Waals surface area contributed by atoms with Crippen LogP contribution < -0.4 is 0 Å². The van der Waals surface area contributed by atoms with Crippen LogP contribution in [0.15, 0.2) is 0 Å². The Morgan fingerprint density at radius 1 is 1.05 bits per heavy atom. The van der Waals surface area contributed by atoms with Gasteiger partial charge < -0.3 is 14.7 Å². The van der Waals surface area contributed by atoms with Crippen LogP contribution >= 0.6 is 0 Å². The first-order valence-corrected chi connectivity index (χ1v) is 8.33. The molecule has 0 radical (unpaired) electrons. The Balaban J connectivity index is 1.69. The first-order chi connectivity index (χ1) is 9.66. The molecular formula is C16H31N3O. The largest absolute Gasteiger partial charge is 0.343 e. The van der Waals surface area contributed by atoms with Crippen molar-refractivity contribution >= 4 is 5.91 Å². The molecule has 0 aromatic rings. The van der Waals surface area contributed by atoms with Crippen LogP contribution in [0, 0.1) is 0 Å². The summed E-state index contributed by atoms with van der Waals surface area (Å²) in [5.74, 6) is 0.367. The topological polar surface area (TPSA) is 26.8 Å². The Kier molecular flexibility index (Phi) is 6.30. The second-order valence-electron chi connectivity index (χ2n) is 6.56. The van der Waals surface area contributed by atoms with E-state index in [0.29, 0.717) is 18.4 Å². The van der Waals surface area contributed by atoms with Crippen molar-refractivity contribution in [3.05, 3.63) is 0 Å². The van der Waals surface area contributed by atoms with Gasteiger partial charge in [0.2, 0.25) is 5.91 Å². The quantitative estimate of drug-likeness (QED) is 0.786. The third-order valence-corrected chi connectivity index (χ3v) is 4.95. The van der Waals surface area contributed by atoms with Gasteiger partial charge >= 0.3 is 0 Å². The molecule has 20 heavy (non-hydrogen) atoms. The second kappa shape index (κ2) is 7.99. The minimum absolute atomic E-state index is 0.367. The zero-order valence-corrected chi connectivity index (χ0v) is 13.3. The Labute approximate surface area is 124 Å². The van der Waals surface area contributed by atoms with E-state index in [0.717, 1.165) is 19.6 Å². The van der Waals surface area contributed by atoms with Crippen LogP contribution in [0.4, 0.5) is 0 Å². The summed E-state index contributed by atoms with van der Waals surface area (Å²) in [6, 6.07) is 0.670. The molecule has 0 atom stereocenters. The maximum absolute atomic E-state index is 12.3. The van der Waals surface area contributed by atoms with E-state index in [1.54, 1.807) is 0 Å². The molecule has 0 aromatic carbocycles. The average molecular weight is 281 g/mol. The molecule has 0 N–H and O–H groups in total. The lowest BCUT2D eigenvalue weighted by molar-refractivity contribution is -0.131. The van der Waals surface area contributed by atoms with Crippen LogP contribution in [-0.2, 0) is 4.79 Å². The average Bonchev–Trinajstić information content (AvgIpc) is 2.74. The van der Waals surface area contributed by atoms with E-state index in [2.05, 4.69) is 28.8 Å². The highest BCUT2D eigenvalue weighted by atomic mass is 16.2. The maximum Gasteiger partial charge on any atom is 0.223 e. The van der Waals surface area contributed by atoms with Gasteiger partial charge in [-0.15, -0.1) is 0 Å². The lowest BCUT2D eigenvalue weighted by atomic mass is 10.0. The highest BCUT2D eigenvalue weighted by molar-refractivity contribution is 5.76. The van der Waals surface area contributed by atoms with Crippen molar-refractivity contribution in [1.29, 1.82) is 0 Å². The Morgan fingerprint density at radius 3 is 2.25 bits per heavy atom. The van der Waals surface area contributed by atoms with E-state index in [4.69, 9.17) is 0 Å². The summed E-state index contributed by atoms with van der Waals surface area (Å²) < 4.78 is 0. The molecule has 2 saturated heterocycles. The van der Waals surface area contributed by atoms with Gasteiger partial charge in [0.15, 0.2) is 0 Å². The van der Waals surface area contributed by atoms with Crippen molar-refractivity contribution in [3.8, 4) is 0 Å². The minimum Gasteiger partial charge on any atom is -0.343 e. The summed E-state index contributed by atoms with van der Waals surface area (Å²) in [5.41, 5.74) is 0. The van der Waals surface area contributed by atoms with E-state index >= 15 is 0 Å². The number of piperidine rings is 1. The minimum atomic E-state index is 0.367. The number of nitrogens with zero attached hydrogens (tertiary/aromatic N) is 3. The lowest BCUT2D eigenvalue weighted by Crippen LogP contribution is -2.43. The van der Waals surface area contributed by atoms with Crippen molar-refractivity contribution in [2.45, 2.75) is 51.0 Å². The molecular weight excluding hydrogens is 250 g/mol. The number of carbonyl (C=O) groups is 1. The lowest BCUT2D eigenvalue weighted by Gasteiger charge is -2.35.